The molecule has 15 heteroatoms. The molecule has 3 saturated heterocycles. The monoisotopic (exact) mass is 836 g/mol. The molecule has 0 spiro atoms. The predicted octanol–water partition coefficient (Wildman–Crippen LogP) is 3.73. The first-order valence-electron chi connectivity index (χ1n) is 21.7. The molecule has 0 radical (unpaired) electrons. The maximum atomic E-state index is 13.4. The quantitative estimate of drug-likeness (QED) is 0.290. The Hall–Kier alpha value is -5.41. The fourth-order valence-electron chi connectivity index (χ4n) is 10.2. The van der Waals surface area contributed by atoms with Crippen LogP contribution in [0.3, 0.4) is 0 Å². The molecule has 5 aliphatic rings. The summed E-state index contributed by atoms with van der Waals surface area (Å²) < 4.78 is 13.7. The average molecular weight is 837 g/mol. The first kappa shape index (κ1) is 42.3. The van der Waals surface area contributed by atoms with E-state index in [0.717, 1.165) is 104 Å². The van der Waals surface area contributed by atoms with E-state index >= 15 is 0 Å². The van der Waals surface area contributed by atoms with Gasteiger partial charge in [-0.1, -0.05) is 6.07 Å². The molecule has 5 amide bonds. The van der Waals surface area contributed by atoms with Crippen molar-refractivity contribution in [2.45, 2.75) is 83.6 Å². The summed E-state index contributed by atoms with van der Waals surface area (Å²) in [6.07, 6.45) is 6.42. The number of aromatic nitrogens is 1. The van der Waals surface area contributed by atoms with Crippen LogP contribution in [0.4, 0.5) is 10.5 Å². The minimum absolute atomic E-state index is 0.0936. The highest BCUT2D eigenvalue weighted by atomic mass is 16.5. The molecule has 5 aliphatic heterocycles. The number of carbonyl (C=O) groups excluding carboxylic acids is 4. The predicted molar refractivity (Wildman–Crippen MR) is 232 cm³/mol. The molecule has 1 unspecified atom stereocenters. The normalized spacial score (nSPS) is 21.0. The number of hydrogen-bond acceptors (Lipinski definition) is 10. The van der Waals surface area contributed by atoms with E-state index in [-0.39, 0.29) is 47.8 Å². The number of hydrogen-bond donors (Lipinski definition) is 2. The number of piperazine rings is 1. The van der Waals surface area contributed by atoms with Gasteiger partial charge in [-0.3, -0.25) is 29.4 Å². The van der Waals surface area contributed by atoms with E-state index in [1.165, 1.54) is 0 Å². The lowest BCUT2D eigenvalue weighted by molar-refractivity contribution is -0.136. The largest absolute Gasteiger partial charge is 0.496 e. The number of rotatable bonds is 10. The minimum atomic E-state index is -0.603. The Morgan fingerprint density at radius 3 is 2.30 bits per heavy atom. The molecule has 15 nitrogen and oxygen atoms in total. The van der Waals surface area contributed by atoms with Gasteiger partial charge in [0.15, 0.2) is 0 Å². The molecule has 1 atom stereocenters. The van der Waals surface area contributed by atoms with Crippen LogP contribution in [0, 0.1) is 5.92 Å². The summed E-state index contributed by atoms with van der Waals surface area (Å²) in [5.74, 6) is 1.33. The number of amides is 5. The lowest BCUT2D eigenvalue weighted by Crippen LogP contribution is -2.58. The summed E-state index contributed by atoms with van der Waals surface area (Å²) in [6.45, 7) is 12.3. The molecule has 1 aromatic heterocycles. The van der Waals surface area contributed by atoms with Gasteiger partial charge in [0, 0.05) is 107 Å². The third-order valence-electron chi connectivity index (χ3n) is 13.8. The SMILES string of the molecule is CNC(=O)N1CCc2c(-c3cc(OC)c(CN4CCN(CCC5CCN(c6ccc7c(c6)C(=O)N(C6CCC(=O)NC6=O)C7)CC5)CC4(C)C)c(OC)c3)cn(C)c(=O)c2C1. The Labute approximate surface area is 357 Å². The van der Waals surface area contributed by atoms with Crippen LogP contribution >= 0.6 is 0 Å². The number of piperidine rings is 2. The molecule has 326 valence electrons. The third-order valence-corrected chi connectivity index (χ3v) is 13.8. The number of anilines is 1. The van der Waals surface area contributed by atoms with Crippen LogP contribution in [-0.4, -0.2) is 127 Å². The second kappa shape index (κ2) is 17.2. The maximum absolute atomic E-state index is 13.4. The van der Waals surface area contributed by atoms with Gasteiger partial charge in [-0.15, -0.1) is 0 Å². The van der Waals surface area contributed by atoms with Crippen molar-refractivity contribution >= 4 is 29.4 Å². The Morgan fingerprint density at radius 2 is 1.62 bits per heavy atom. The van der Waals surface area contributed by atoms with Crippen molar-refractivity contribution < 1.29 is 28.7 Å². The van der Waals surface area contributed by atoms with Crippen LogP contribution in [0.5, 0.6) is 11.5 Å². The standard InChI is InChI=1S/C46H60N8O7/c1-46(2)28-50(15-11-29-12-16-51(17-13-29)32-8-7-30-24-54(44(58)34(30)23-32)38-9-10-41(55)48-42(38)56)19-20-53(46)27-37-39(60-5)21-31(22-40(37)61-6)35-25-49(4)43(57)36-26-52(45(59)47-3)18-14-33(35)36/h7-8,21-23,25,29,38H,9-20,24,26-28H2,1-6H3,(H,47,59)(H,48,55,56). The first-order chi connectivity index (χ1) is 29.3. The molecule has 2 aromatic carbocycles. The van der Waals surface area contributed by atoms with Gasteiger partial charge >= 0.3 is 6.03 Å². The van der Waals surface area contributed by atoms with E-state index < -0.39 is 6.04 Å². The summed E-state index contributed by atoms with van der Waals surface area (Å²) in [4.78, 5) is 74.1. The Balaban J connectivity index is 0.866. The zero-order valence-electron chi connectivity index (χ0n) is 36.5. The smallest absolute Gasteiger partial charge is 0.317 e. The van der Waals surface area contributed by atoms with Crippen LogP contribution in [0.15, 0.2) is 41.3 Å². The van der Waals surface area contributed by atoms with Crippen molar-refractivity contribution in [3.63, 3.8) is 0 Å². The summed E-state index contributed by atoms with van der Waals surface area (Å²) >= 11 is 0. The molecule has 8 rings (SSSR count). The second-order valence-electron chi connectivity index (χ2n) is 18.0. The van der Waals surface area contributed by atoms with E-state index in [9.17, 15) is 24.0 Å². The van der Waals surface area contributed by atoms with Gasteiger partial charge in [-0.25, -0.2) is 4.79 Å². The summed E-state index contributed by atoms with van der Waals surface area (Å²) in [6, 6.07) is 9.44. The zero-order valence-corrected chi connectivity index (χ0v) is 36.5. The topological polar surface area (TPSA) is 149 Å². The van der Waals surface area contributed by atoms with Crippen molar-refractivity contribution in [2.24, 2.45) is 13.0 Å². The highest BCUT2D eigenvalue weighted by molar-refractivity contribution is 6.05. The number of methoxy groups -OCH3 is 2. The molecule has 2 N–H and O–H groups in total. The van der Waals surface area contributed by atoms with Crippen molar-refractivity contribution in [1.82, 2.24) is 34.8 Å². The van der Waals surface area contributed by atoms with Crippen molar-refractivity contribution in [1.29, 1.82) is 0 Å². The van der Waals surface area contributed by atoms with Crippen LogP contribution in [0.25, 0.3) is 11.1 Å². The molecule has 3 aromatic rings. The molecule has 61 heavy (non-hydrogen) atoms. The highest BCUT2D eigenvalue weighted by Crippen LogP contribution is 2.40. The fraction of sp³-hybridized carbons (Fsp3) is 0.543. The number of imide groups is 1. The third kappa shape index (κ3) is 8.33. The number of carbonyl (C=O) groups is 4. The number of nitrogens with one attached hydrogen (secondary N) is 2. The Bertz CT molecular complexity index is 2260. The second-order valence-corrected chi connectivity index (χ2v) is 18.0. The van der Waals surface area contributed by atoms with Crippen LogP contribution < -0.4 is 30.6 Å². The molecule has 3 fully saturated rings. The number of pyridine rings is 1. The van der Waals surface area contributed by atoms with E-state index in [4.69, 9.17) is 9.47 Å². The highest BCUT2D eigenvalue weighted by Gasteiger charge is 2.40. The number of aryl methyl sites for hydroxylation is 1. The van der Waals surface area contributed by atoms with Crippen LogP contribution in [0.2, 0.25) is 0 Å². The van der Waals surface area contributed by atoms with Crippen molar-refractivity contribution in [3.8, 4) is 22.6 Å². The maximum Gasteiger partial charge on any atom is 0.317 e. The fourth-order valence-corrected chi connectivity index (χ4v) is 10.2. The number of urea groups is 1. The van der Waals surface area contributed by atoms with Gasteiger partial charge < -0.3 is 39.0 Å². The summed E-state index contributed by atoms with van der Waals surface area (Å²) in [5.41, 5.74) is 6.90. The van der Waals surface area contributed by atoms with E-state index in [2.05, 4.69) is 57.4 Å². The van der Waals surface area contributed by atoms with Gasteiger partial charge in [-0.2, -0.15) is 0 Å². The Morgan fingerprint density at radius 1 is 0.885 bits per heavy atom. The number of nitrogens with zero attached hydrogens (tertiary/aromatic N) is 6. The number of benzene rings is 2. The van der Waals surface area contributed by atoms with Gasteiger partial charge in [0.05, 0.1) is 26.3 Å². The van der Waals surface area contributed by atoms with E-state index in [1.807, 2.05) is 18.3 Å². The van der Waals surface area contributed by atoms with E-state index in [0.29, 0.717) is 49.5 Å². The number of fused-ring (bicyclic) bond motifs is 2. The summed E-state index contributed by atoms with van der Waals surface area (Å²) in [5, 5.41) is 5.07. The average Bonchev–Trinajstić information content (AvgIpc) is 3.59. The molecule has 6 heterocycles. The minimum Gasteiger partial charge on any atom is -0.496 e. The molecule has 0 aliphatic carbocycles. The first-order valence-corrected chi connectivity index (χ1v) is 21.7. The van der Waals surface area contributed by atoms with Gasteiger partial charge in [-0.05, 0) is 99.4 Å². The number of ether oxygens (including phenoxy) is 2. The van der Waals surface area contributed by atoms with Crippen molar-refractivity contribution in [3.05, 3.63) is 74.7 Å². The van der Waals surface area contributed by atoms with Gasteiger partial charge in [0.1, 0.15) is 17.5 Å². The molecular formula is C46H60N8O7. The molecular weight excluding hydrogens is 777 g/mol. The lowest BCUT2D eigenvalue weighted by Gasteiger charge is -2.48. The Kier molecular flexibility index (Phi) is 11.9. The zero-order chi connectivity index (χ0) is 43.2. The summed E-state index contributed by atoms with van der Waals surface area (Å²) in [7, 11) is 6.74. The molecule has 0 saturated carbocycles. The van der Waals surface area contributed by atoms with Gasteiger partial charge in [0.25, 0.3) is 11.5 Å². The van der Waals surface area contributed by atoms with Crippen LogP contribution in [0.1, 0.15) is 78.6 Å². The van der Waals surface area contributed by atoms with Gasteiger partial charge in [0.2, 0.25) is 11.8 Å². The molecule has 0 bridgehead atoms. The van der Waals surface area contributed by atoms with Crippen molar-refractivity contribution in [2.75, 3.05) is 72.0 Å². The van der Waals surface area contributed by atoms with E-state index in [1.54, 1.807) is 42.7 Å². The lowest BCUT2D eigenvalue weighted by atomic mass is 9.91. The van der Waals surface area contributed by atoms with Crippen LogP contribution in [-0.2, 0) is 42.7 Å².